The summed E-state index contributed by atoms with van der Waals surface area (Å²) in [6, 6.07) is 9.84. The van der Waals surface area contributed by atoms with Gasteiger partial charge in [-0.1, -0.05) is 15.9 Å². The molecular formula is C14H13BrFNS. The van der Waals surface area contributed by atoms with Crippen LogP contribution in [0.4, 0.5) is 4.39 Å². The molecule has 1 aliphatic carbocycles. The Morgan fingerprint density at radius 2 is 2.11 bits per heavy atom. The van der Waals surface area contributed by atoms with Crippen molar-refractivity contribution < 1.29 is 4.39 Å². The second-order valence-corrected chi connectivity index (χ2v) is 6.63. The Bertz CT molecular complexity index is 563. The van der Waals surface area contributed by atoms with Crippen LogP contribution in [0.5, 0.6) is 0 Å². The van der Waals surface area contributed by atoms with Crippen molar-refractivity contribution in [3.8, 4) is 10.4 Å². The van der Waals surface area contributed by atoms with Gasteiger partial charge < -0.3 is 5.32 Å². The molecule has 1 fully saturated rings. The first kappa shape index (κ1) is 12.3. The van der Waals surface area contributed by atoms with E-state index in [9.17, 15) is 4.39 Å². The summed E-state index contributed by atoms with van der Waals surface area (Å²) in [5, 5.41) is 3.47. The van der Waals surface area contributed by atoms with Crippen LogP contribution in [0.15, 0.2) is 34.8 Å². The first-order valence-corrected chi connectivity index (χ1v) is 7.61. The number of halogens is 2. The number of nitrogens with one attached hydrogen (secondary N) is 1. The predicted octanol–water partition coefficient (Wildman–Crippen LogP) is 4.57. The van der Waals surface area contributed by atoms with Crippen LogP contribution >= 0.6 is 27.3 Å². The van der Waals surface area contributed by atoms with Crippen LogP contribution in [0, 0.1) is 5.82 Å². The van der Waals surface area contributed by atoms with Crippen molar-refractivity contribution in [2.45, 2.75) is 25.4 Å². The summed E-state index contributed by atoms with van der Waals surface area (Å²) in [6.07, 6.45) is 2.58. The van der Waals surface area contributed by atoms with Gasteiger partial charge in [-0.2, -0.15) is 0 Å². The lowest BCUT2D eigenvalue weighted by Gasteiger charge is -2.01. The molecule has 1 aromatic carbocycles. The van der Waals surface area contributed by atoms with Gasteiger partial charge in [-0.15, -0.1) is 11.3 Å². The minimum atomic E-state index is -0.165. The molecule has 0 spiro atoms. The lowest BCUT2D eigenvalue weighted by Crippen LogP contribution is -2.14. The molecule has 0 amide bonds. The normalized spacial score (nSPS) is 15.0. The Balaban J connectivity index is 1.80. The van der Waals surface area contributed by atoms with Gasteiger partial charge in [0.15, 0.2) is 0 Å². The van der Waals surface area contributed by atoms with Crippen molar-refractivity contribution >= 4 is 27.3 Å². The van der Waals surface area contributed by atoms with E-state index in [1.54, 1.807) is 17.4 Å². The van der Waals surface area contributed by atoms with Crippen molar-refractivity contribution in [3.05, 3.63) is 45.5 Å². The molecule has 1 N–H and O–H groups in total. The molecular weight excluding hydrogens is 313 g/mol. The molecule has 0 unspecified atom stereocenters. The molecule has 0 aliphatic heterocycles. The summed E-state index contributed by atoms with van der Waals surface area (Å²) in [4.78, 5) is 2.25. The lowest BCUT2D eigenvalue weighted by atomic mass is 10.2. The Morgan fingerprint density at radius 1 is 1.28 bits per heavy atom. The minimum absolute atomic E-state index is 0.165. The van der Waals surface area contributed by atoms with Gasteiger partial charge in [0, 0.05) is 32.4 Å². The fraction of sp³-hybridized carbons (Fsp3) is 0.286. The molecule has 94 valence electrons. The number of hydrogen-bond acceptors (Lipinski definition) is 2. The number of hydrogen-bond donors (Lipinski definition) is 1. The zero-order valence-electron chi connectivity index (χ0n) is 9.75. The summed E-state index contributed by atoms with van der Waals surface area (Å²) in [6.45, 7) is 0.894. The minimum Gasteiger partial charge on any atom is -0.309 e. The Hall–Kier alpha value is -0.710. The molecule has 1 aromatic heterocycles. The van der Waals surface area contributed by atoms with Gasteiger partial charge in [0.25, 0.3) is 0 Å². The first-order chi connectivity index (χ1) is 8.72. The van der Waals surface area contributed by atoms with Crippen molar-refractivity contribution in [2.75, 3.05) is 0 Å². The van der Waals surface area contributed by atoms with Crippen LogP contribution in [-0.4, -0.2) is 6.04 Å². The first-order valence-electron chi connectivity index (χ1n) is 6.00. The van der Waals surface area contributed by atoms with Gasteiger partial charge in [0.2, 0.25) is 0 Å². The standard InChI is InChI=1S/C14H13BrFNS/c15-9-1-5-13(16)12(7-9)14-6-4-11(18-14)8-17-10-2-3-10/h1,4-7,10,17H,2-3,8H2. The zero-order chi connectivity index (χ0) is 12.5. The fourth-order valence-corrected chi connectivity index (χ4v) is 3.17. The van der Waals surface area contributed by atoms with E-state index in [-0.39, 0.29) is 5.82 Å². The smallest absolute Gasteiger partial charge is 0.131 e. The largest absolute Gasteiger partial charge is 0.309 e. The quantitative estimate of drug-likeness (QED) is 0.868. The van der Waals surface area contributed by atoms with E-state index in [0.29, 0.717) is 11.6 Å². The third-order valence-corrected chi connectivity index (χ3v) is 4.61. The number of benzene rings is 1. The van der Waals surface area contributed by atoms with E-state index in [0.717, 1.165) is 15.9 Å². The SMILES string of the molecule is Fc1ccc(Br)cc1-c1ccc(CNC2CC2)s1. The zero-order valence-corrected chi connectivity index (χ0v) is 12.2. The van der Waals surface area contributed by atoms with Gasteiger partial charge in [-0.25, -0.2) is 4.39 Å². The van der Waals surface area contributed by atoms with E-state index < -0.39 is 0 Å². The second-order valence-electron chi connectivity index (χ2n) is 4.55. The maximum Gasteiger partial charge on any atom is 0.131 e. The Morgan fingerprint density at radius 3 is 2.89 bits per heavy atom. The molecule has 1 saturated carbocycles. The lowest BCUT2D eigenvalue weighted by molar-refractivity contribution is 0.631. The molecule has 1 nitrogen and oxygen atoms in total. The Labute approximate surface area is 118 Å². The van der Waals surface area contributed by atoms with Crippen LogP contribution in [0.25, 0.3) is 10.4 Å². The monoisotopic (exact) mass is 325 g/mol. The van der Waals surface area contributed by atoms with E-state index in [1.807, 2.05) is 12.1 Å². The van der Waals surface area contributed by atoms with Crippen LogP contribution in [0.1, 0.15) is 17.7 Å². The molecule has 3 rings (SSSR count). The summed E-state index contributed by atoms with van der Waals surface area (Å²) in [7, 11) is 0. The average Bonchev–Trinajstić information content (AvgIpc) is 3.08. The molecule has 4 heteroatoms. The maximum atomic E-state index is 13.8. The number of rotatable bonds is 4. The van der Waals surface area contributed by atoms with Gasteiger partial charge in [0.05, 0.1) is 0 Å². The summed E-state index contributed by atoms with van der Waals surface area (Å²) in [5.41, 5.74) is 0.673. The molecule has 18 heavy (non-hydrogen) atoms. The van der Waals surface area contributed by atoms with E-state index in [4.69, 9.17) is 0 Å². The van der Waals surface area contributed by atoms with Crippen molar-refractivity contribution in [1.29, 1.82) is 0 Å². The predicted molar refractivity (Wildman–Crippen MR) is 77.3 cm³/mol. The van der Waals surface area contributed by atoms with Crippen LogP contribution in [0.3, 0.4) is 0 Å². The molecule has 0 atom stereocenters. The third kappa shape index (κ3) is 2.82. The van der Waals surface area contributed by atoms with E-state index in [1.165, 1.54) is 23.8 Å². The maximum absolute atomic E-state index is 13.8. The highest BCUT2D eigenvalue weighted by atomic mass is 79.9. The molecule has 1 aliphatic rings. The van der Waals surface area contributed by atoms with Crippen molar-refractivity contribution in [2.24, 2.45) is 0 Å². The van der Waals surface area contributed by atoms with Gasteiger partial charge >= 0.3 is 0 Å². The van der Waals surface area contributed by atoms with Gasteiger partial charge in [0.1, 0.15) is 5.82 Å². The molecule has 2 aromatic rings. The molecule has 0 saturated heterocycles. The van der Waals surface area contributed by atoms with Gasteiger partial charge in [-0.05, 0) is 43.2 Å². The fourth-order valence-electron chi connectivity index (χ4n) is 1.84. The van der Waals surface area contributed by atoms with Crippen LogP contribution in [0.2, 0.25) is 0 Å². The van der Waals surface area contributed by atoms with Crippen molar-refractivity contribution in [1.82, 2.24) is 5.32 Å². The highest BCUT2D eigenvalue weighted by Gasteiger charge is 2.20. The highest BCUT2D eigenvalue weighted by molar-refractivity contribution is 9.10. The van der Waals surface area contributed by atoms with Gasteiger partial charge in [-0.3, -0.25) is 0 Å². The van der Waals surface area contributed by atoms with Crippen molar-refractivity contribution in [3.63, 3.8) is 0 Å². The Kier molecular flexibility index (Phi) is 3.50. The van der Waals surface area contributed by atoms with E-state index >= 15 is 0 Å². The third-order valence-electron chi connectivity index (χ3n) is 3.00. The summed E-state index contributed by atoms with van der Waals surface area (Å²) < 4.78 is 14.7. The number of thiophene rings is 1. The molecule has 1 heterocycles. The highest BCUT2D eigenvalue weighted by Crippen LogP contribution is 2.32. The summed E-state index contributed by atoms with van der Waals surface area (Å²) in [5.74, 6) is -0.165. The van der Waals surface area contributed by atoms with Crippen LogP contribution < -0.4 is 5.32 Å². The molecule has 0 radical (unpaired) electrons. The summed E-state index contributed by atoms with van der Waals surface area (Å²) >= 11 is 5.04. The van der Waals surface area contributed by atoms with Crippen LogP contribution in [-0.2, 0) is 6.54 Å². The average molecular weight is 326 g/mol. The topological polar surface area (TPSA) is 12.0 Å². The second kappa shape index (κ2) is 5.11. The van der Waals surface area contributed by atoms with E-state index in [2.05, 4.69) is 27.3 Å². The molecule has 0 bridgehead atoms.